The fraction of sp³-hybridized carbons (Fsp3) is 0. The van der Waals surface area contributed by atoms with Gasteiger partial charge in [-0.05, 0) is 18.2 Å². The van der Waals surface area contributed by atoms with Gasteiger partial charge >= 0.3 is 0 Å². The minimum atomic E-state index is -0.483. The molecule has 0 radical (unpaired) electrons. The molecule has 1 aromatic carbocycles. The van der Waals surface area contributed by atoms with Crippen molar-refractivity contribution in [1.29, 1.82) is 5.26 Å². The van der Waals surface area contributed by atoms with Crippen molar-refractivity contribution >= 4 is 29.0 Å². The van der Waals surface area contributed by atoms with Crippen molar-refractivity contribution in [3.05, 3.63) is 57.8 Å². The molecule has 0 aliphatic carbocycles. The van der Waals surface area contributed by atoms with Gasteiger partial charge < -0.3 is 10.2 Å². The smallest absolute Gasteiger partial charge is 0.280 e. The average Bonchev–Trinajstić information content (AvgIpc) is 2.92. The largest absolute Gasteiger partial charge is 0.456 e. The first-order valence-electron chi connectivity index (χ1n) is 5.78. The lowest BCUT2D eigenvalue weighted by Gasteiger charge is -1.98. The summed E-state index contributed by atoms with van der Waals surface area (Å²) in [6, 6.07) is 11.3. The van der Waals surface area contributed by atoms with E-state index in [1.54, 1.807) is 30.3 Å². The first kappa shape index (κ1) is 14.4. The van der Waals surface area contributed by atoms with Crippen LogP contribution in [0, 0.1) is 21.4 Å². The van der Waals surface area contributed by atoms with Gasteiger partial charge in [0.05, 0.1) is 16.1 Å². The van der Waals surface area contributed by atoms with Crippen LogP contribution in [0.4, 0.5) is 5.69 Å². The summed E-state index contributed by atoms with van der Waals surface area (Å²) in [7, 11) is 0. The molecular weight excluding hydrogens is 290 g/mol. The maximum atomic E-state index is 11.0. The highest BCUT2D eigenvalue weighted by molar-refractivity contribution is 7.80. The molecule has 0 unspecified atom stereocenters. The van der Waals surface area contributed by atoms with Crippen molar-refractivity contribution in [3.63, 3.8) is 0 Å². The summed E-state index contributed by atoms with van der Waals surface area (Å²) in [4.78, 5) is 10.5. The topological polar surface area (TPSA) is 106 Å². The second-order valence-electron chi connectivity index (χ2n) is 4.01. The van der Waals surface area contributed by atoms with Crippen molar-refractivity contribution in [2.75, 3.05) is 0 Å². The van der Waals surface area contributed by atoms with Gasteiger partial charge in [0.15, 0.2) is 0 Å². The van der Waals surface area contributed by atoms with Crippen molar-refractivity contribution in [2.45, 2.75) is 0 Å². The minimum Gasteiger partial charge on any atom is -0.456 e. The van der Waals surface area contributed by atoms with E-state index in [1.165, 1.54) is 12.1 Å². The van der Waals surface area contributed by atoms with Crippen LogP contribution in [0.5, 0.6) is 0 Å². The third-order valence-corrected chi connectivity index (χ3v) is 2.89. The monoisotopic (exact) mass is 299 g/mol. The van der Waals surface area contributed by atoms with Crippen molar-refractivity contribution in [2.24, 2.45) is 5.73 Å². The Kier molecular flexibility index (Phi) is 4.11. The second-order valence-corrected chi connectivity index (χ2v) is 4.45. The van der Waals surface area contributed by atoms with Crippen LogP contribution >= 0.6 is 12.2 Å². The number of thiocarbonyl (C=S) groups is 1. The van der Waals surface area contributed by atoms with Crippen LogP contribution in [0.15, 0.2) is 46.4 Å². The Morgan fingerprint density at radius 3 is 2.71 bits per heavy atom. The number of nitrogens with two attached hydrogens (primary N) is 1. The molecule has 7 heteroatoms. The van der Waals surface area contributed by atoms with E-state index in [0.29, 0.717) is 17.1 Å². The molecule has 0 aliphatic heterocycles. The Labute approximate surface area is 125 Å². The summed E-state index contributed by atoms with van der Waals surface area (Å²) in [6.45, 7) is 0. The highest BCUT2D eigenvalue weighted by atomic mass is 32.1. The van der Waals surface area contributed by atoms with E-state index >= 15 is 0 Å². The molecule has 0 atom stereocenters. The van der Waals surface area contributed by atoms with Gasteiger partial charge in [0.1, 0.15) is 22.6 Å². The van der Waals surface area contributed by atoms with Crippen LogP contribution in [0.2, 0.25) is 0 Å². The zero-order valence-corrected chi connectivity index (χ0v) is 11.5. The summed E-state index contributed by atoms with van der Waals surface area (Å²) in [5, 5.41) is 19.9. The van der Waals surface area contributed by atoms with E-state index in [2.05, 4.69) is 0 Å². The van der Waals surface area contributed by atoms with E-state index in [1.807, 2.05) is 6.07 Å². The second kappa shape index (κ2) is 5.98. The number of nitro benzene ring substituents is 1. The zero-order chi connectivity index (χ0) is 15.4. The normalized spacial score (nSPS) is 10.9. The molecule has 2 aromatic rings. The van der Waals surface area contributed by atoms with Crippen LogP contribution < -0.4 is 5.73 Å². The third kappa shape index (κ3) is 3.13. The molecule has 0 saturated carbocycles. The summed E-state index contributed by atoms with van der Waals surface area (Å²) >= 11 is 4.73. The van der Waals surface area contributed by atoms with Gasteiger partial charge in [0.25, 0.3) is 5.69 Å². The minimum absolute atomic E-state index is 0.0406. The van der Waals surface area contributed by atoms with Gasteiger partial charge in [-0.2, -0.15) is 5.26 Å². The molecule has 0 fully saturated rings. The Morgan fingerprint density at radius 2 is 2.10 bits per heavy atom. The van der Waals surface area contributed by atoms with E-state index in [4.69, 9.17) is 27.6 Å². The Hall–Kier alpha value is -2.98. The van der Waals surface area contributed by atoms with Gasteiger partial charge in [0, 0.05) is 12.1 Å². The molecule has 1 aromatic heterocycles. The lowest BCUT2D eigenvalue weighted by atomic mass is 10.1. The molecule has 0 aliphatic rings. The number of rotatable bonds is 4. The van der Waals surface area contributed by atoms with Crippen molar-refractivity contribution < 1.29 is 9.34 Å². The Balaban J connectivity index is 2.45. The lowest BCUT2D eigenvalue weighted by Crippen LogP contribution is -2.09. The zero-order valence-electron chi connectivity index (χ0n) is 10.6. The van der Waals surface area contributed by atoms with Crippen LogP contribution in [0.1, 0.15) is 5.76 Å². The number of nitrogens with zero attached hydrogens (tertiary/aromatic N) is 2. The van der Waals surface area contributed by atoms with Crippen LogP contribution in [-0.4, -0.2) is 9.91 Å². The summed E-state index contributed by atoms with van der Waals surface area (Å²) in [5.74, 6) is 0.668. The predicted molar refractivity (Wildman–Crippen MR) is 81.2 cm³/mol. The SMILES string of the molecule is N#CC(=Cc1ccc(-c2ccccc2[N+](=O)[O-])o1)C(N)=S. The Bertz CT molecular complexity index is 787. The molecule has 104 valence electrons. The van der Waals surface area contributed by atoms with Gasteiger partial charge in [-0.1, -0.05) is 24.4 Å². The number of nitro groups is 1. The number of hydrogen-bond donors (Lipinski definition) is 1. The maximum absolute atomic E-state index is 11.0. The van der Waals surface area contributed by atoms with Crippen LogP contribution in [0.3, 0.4) is 0 Å². The first-order valence-corrected chi connectivity index (χ1v) is 6.19. The maximum Gasteiger partial charge on any atom is 0.280 e. The van der Waals surface area contributed by atoms with E-state index in [-0.39, 0.29) is 16.2 Å². The molecule has 21 heavy (non-hydrogen) atoms. The average molecular weight is 299 g/mol. The molecule has 2 rings (SSSR count). The third-order valence-electron chi connectivity index (χ3n) is 2.67. The lowest BCUT2D eigenvalue weighted by molar-refractivity contribution is -0.384. The fourth-order valence-electron chi connectivity index (χ4n) is 1.72. The first-order chi connectivity index (χ1) is 10.0. The molecule has 6 nitrogen and oxygen atoms in total. The number of benzene rings is 1. The fourth-order valence-corrected chi connectivity index (χ4v) is 1.82. The number of nitriles is 1. The molecular formula is C14H9N3O3S. The molecule has 0 spiro atoms. The highest BCUT2D eigenvalue weighted by Crippen LogP contribution is 2.31. The summed E-state index contributed by atoms with van der Waals surface area (Å²) < 4.78 is 5.50. The van der Waals surface area contributed by atoms with Gasteiger partial charge in [0.2, 0.25) is 0 Å². The van der Waals surface area contributed by atoms with Gasteiger partial charge in [-0.25, -0.2) is 0 Å². The summed E-state index contributed by atoms with van der Waals surface area (Å²) in [5.41, 5.74) is 5.79. The number of hydrogen-bond acceptors (Lipinski definition) is 5. The van der Waals surface area contributed by atoms with Gasteiger partial charge in [-0.15, -0.1) is 0 Å². The van der Waals surface area contributed by atoms with Gasteiger partial charge in [-0.3, -0.25) is 10.1 Å². The molecule has 2 N–H and O–H groups in total. The highest BCUT2D eigenvalue weighted by Gasteiger charge is 2.17. The van der Waals surface area contributed by atoms with Crippen molar-refractivity contribution in [3.8, 4) is 17.4 Å². The summed E-state index contributed by atoms with van der Waals surface area (Å²) in [6.07, 6.45) is 1.39. The van der Waals surface area contributed by atoms with E-state index in [0.717, 1.165) is 0 Å². The van der Waals surface area contributed by atoms with Crippen LogP contribution in [0.25, 0.3) is 17.4 Å². The Morgan fingerprint density at radius 1 is 1.38 bits per heavy atom. The quantitative estimate of drug-likeness (QED) is 0.306. The molecule has 1 heterocycles. The number of furan rings is 1. The molecule has 0 saturated heterocycles. The predicted octanol–water partition coefficient (Wildman–Crippen LogP) is 3.05. The standard InChI is InChI=1S/C14H9N3O3S/c15-8-9(14(16)21)7-10-5-6-13(20-10)11-3-1-2-4-12(11)17(18)19/h1-7H,(H2,16,21). The van der Waals surface area contributed by atoms with Crippen molar-refractivity contribution in [1.82, 2.24) is 0 Å². The van der Waals surface area contributed by atoms with E-state index < -0.39 is 4.92 Å². The molecule has 0 bridgehead atoms. The van der Waals surface area contributed by atoms with E-state index in [9.17, 15) is 10.1 Å². The number of para-hydroxylation sites is 1. The van der Waals surface area contributed by atoms with Crippen LogP contribution in [-0.2, 0) is 0 Å². The molecule has 0 amide bonds.